The maximum absolute atomic E-state index is 13.5. The molecule has 1 N–H and O–H groups in total. The Kier molecular flexibility index (Phi) is 3.95. The van der Waals surface area contributed by atoms with Gasteiger partial charge in [-0.1, -0.05) is 12.1 Å². The van der Waals surface area contributed by atoms with Crippen molar-refractivity contribution in [2.24, 2.45) is 0 Å². The molecule has 2 aliphatic heterocycles. The number of hydrogen-bond acceptors (Lipinski definition) is 4. The van der Waals surface area contributed by atoms with Crippen molar-refractivity contribution < 1.29 is 13.9 Å². The summed E-state index contributed by atoms with van der Waals surface area (Å²) in [6, 6.07) is 6.49. The van der Waals surface area contributed by atoms with Crippen LogP contribution in [0, 0.1) is 5.82 Å². The molecule has 0 saturated carbocycles. The fourth-order valence-corrected chi connectivity index (χ4v) is 3.90. The average Bonchev–Trinajstić information content (AvgIpc) is 3.12. The molecular formula is C18H21FN4O2. The van der Waals surface area contributed by atoms with Crippen LogP contribution in [0.4, 0.5) is 9.18 Å². The molecule has 0 aliphatic carbocycles. The number of carbonyl (C=O) groups is 1. The van der Waals surface area contributed by atoms with Crippen LogP contribution in [0.15, 0.2) is 30.5 Å². The molecule has 6 nitrogen and oxygen atoms in total. The number of likely N-dealkylation sites (N-methyl/N-ethyl adjacent to an activating group) is 1. The standard InChI is InChI=1S/C18H21FN4O2/c1-22-11-18(25-17(22)24)6-3-7-23(12-18)10-14-9-20-21-16(14)13-4-2-5-15(19)8-13/h2,4-5,8-9H,3,6-7,10-12H2,1H3,(H,20,21)/t18-/m0/s1. The molecule has 132 valence electrons. The van der Waals surface area contributed by atoms with E-state index in [-0.39, 0.29) is 11.9 Å². The molecule has 3 heterocycles. The highest BCUT2D eigenvalue weighted by Crippen LogP contribution is 2.32. The predicted molar refractivity (Wildman–Crippen MR) is 90.3 cm³/mol. The second-order valence-corrected chi connectivity index (χ2v) is 7.00. The number of ether oxygens (including phenoxy) is 1. The van der Waals surface area contributed by atoms with Gasteiger partial charge in [-0.2, -0.15) is 5.10 Å². The zero-order valence-electron chi connectivity index (χ0n) is 14.2. The van der Waals surface area contributed by atoms with Crippen molar-refractivity contribution in [2.75, 3.05) is 26.7 Å². The fraction of sp³-hybridized carbons (Fsp3) is 0.444. The maximum Gasteiger partial charge on any atom is 0.410 e. The monoisotopic (exact) mass is 344 g/mol. The number of nitrogens with one attached hydrogen (secondary N) is 1. The van der Waals surface area contributed by atoms with Crippen molar-refractivity contribution in [2.45, 2.75) is 25.0 Å². The first-order valence-corrected chi connectivity index (χ1v) is 8.49. The molecule has 7 heteroatoms. The minimum Gasteiger partial charge on any atom is -0.440 e. The smallest absolute Gasteiger partial charge is 0.410 e. The number of amides is 1. The van der Waals surface area contributed by atoms with Gasteiger partial charge >= 0.3 is 6.09 Å². The number of nitrogens with zero attached hydrogens (tertiary/aromatic N) is 3. The molecule has 1 amide bonds. The average molecular weight is 344 g/mol. The van der Waals surface area contributed by atoms with Crippen LogP contribution in [0.1, 0.15) is 18.4 Å². The zero-order chi connectivity index (χ0) is 17.4. The number of carbonyl (C=O) groups excluding carboxylic acids is 1. The highest BCUT2D eigenvalue weighted by atomic mass is 19.1. The van der Waals surface area contributed by atoms with E-state index in [1.807, 2.05) is 6.07 Å². The summed E-state index contributed by atoms with van der Waals surface area (Å²) >= 11 is 0. The Balaban J connectivity index is 1.52. The Labute approximate surface area is 145 Å². The number of benzene rings is 1. The van der Waals surface area contributed by atoms with Crippen molar-refractivity contribution in [3.63, 3.8) is 0 Å². The van der Waals surface area contributed by atoms with Gasteiger partial charge < -0.3 is 9.64 Å². The summed E-state index contributed by atoms with van der Waals surface area (Å²) in [5, 5.41) is 7.12. The molecule has 2 aromatic rings. The summed E-state index contributed by atoms with van der Waals surface area (Å²) < 4.78 is 19.2. The molecule has 2 aliphatic rings. The van der Waals surface area contributed by atoms with Gasteiger partial charge in [-0.3, -0.25) is 10.00 Å². The highest BCUT2D eigenvalue weighted by Gasteiger charge is 2.46. The Morgan fingerprint density at radius 1 is 1.40 bits per heavy atom. The second-order valence-electron chi connectivity index (χ2n) is 7.00. The van der Waals surface area contributed by atoms with Crippen molar-refractivity contribution in [3.8, 4) is 11.3 Å². The van der Waals surface area contributed by atoms with Gasteiger partial charge in [0.15, 0.2) is 0 Å². The van der Waals surface area contributed by atoms with Gasteiger partial charge in [-0.25, -0.2) is 9.18 Å². The topological polar surface area (TPSA) is 61.5 Å². The van der Waals surface area contributed by atoms with Crippen LogP contribution in [0.2, 0.25) is 0 Å². The molecule has 1 spiro atoms. The van der Waals surface area contributed by atoms with E-state index in [4.69, 9.17) is 4.74 Å². The fourth-order valence-electron chi connectivity index (χ4n) is 3.90. The molecule has 1 aromatic carbocycles. The Hall–Kier alpha value is -2.41. The lowest BCUT2D eigenvalue weighted by molar-refractivity contribution is -0.0113. The number of rotatable bonds is 3. The molecule has 0 radical (unpaired) electrons. The van der Waals surface area contributed by atoms with Crippen molar-refractivity contribution in [3.05, 3.63) is 41.8 Å². The quantitative estimate of drug-likeness (QED) is 0.930. The van der Waals surface area contributed by atoms with Crippen LogP contribution >= 0.6 is 0 Å². The van der Waals surface area contributed by atoms with E-state index < -0.39 is 5.60 Å². The van der Waals surface area contributed by atoms with Crippen LogP contribution in [-0.2, 0) is 11.3 Å². The lowest BCUT2D eigenvalue weighted by Crippen LogP contribution is -2.50. The largest absolute Gasteiger partial charge is 0.440 e. The highest BCUT2D eigenvalue weighted by molar-refractivity contribution is 5.70. The first kappa shape index (κ1) is 16.1. The molecule has 2 saturated heterocycles. The molecule has 0 bridgehead atoms. The van der Waals surface area contributed by atoms with E-state index in [0.717, 1.165) is 36.2 Å². The summed E-state index contributed by atoms with van der Waals surface area (Å²) in [5.74, 6) is -0.268. The van der Waals surface area contributed by atoms with Crippen molar-refractivity contribution >= 4 is 6.09 Å². The number of H-pyrrole nitrogens is 1. The molecule has 0 unspecified atom stereocenters. The molecule has 1 atom stereocenters. The van der Waals surface area contributed by atoms with Crippen LogP contribution in [0.25, 0.3) is 11.3 Å². The molecule has 1 aromatic heterocycles. The number of aromatic amines is 1. The molecule has 25 heavy (non-hydrogen) atoms. The maximum atomic E-state index is 13.5. The zero-order valence-corrected chi connectivity index (χ0v) is 14.2. The van der Waals surface area contributed by atoms with E-state index in [9.17, 15) is 9.18 Å². The number of hydrogen-bond donors (Lipinski definition) is 1. The van der Waals surface area contributed by atoms with Crippen LogP contribution in [-0.4, -0.2) is 58.4 Å². The molecular weight excluding hydrogens is 323 g/mol. The van der Waals surface area contributed by atoms with E-state index in [0.29, 0.717) is 19.6 Å². The Morgan fingerprint density at radius 2 is 2.28 bits per heavy atom. The lowest BCUT2D eigenvalue weighted by Gasteiger charge is -2.38. The van der Waals surface area contributed by atoms with E-state index >= 15 is 0 Å². The third-order valence-corrected chi connectivity index (χ3v) is 4.98. The van der Waals surface area contributed by atoms with Gasteiger partial charge in [0, 0.05) is 31.3 Å². The van der Waals surface area contributed by atoms with Crippen LogP contribution < -0.4 is 0 Å². The minimum absolute atomic E-state index is 0.245. The van der Waals surface area contributed by atoms with Gasteiger partial charge in [0.1, 0.15) is 11.4 Å². The Bertz CT molecular complexity index is 793. The molecule has 2 fully saturated rings. The number of piperidine rings is 1. The van der Waals surface area contributed by atoms with E-state index in [2.05, 4.69) is 15.1 Å². The SMILES string of the molecule is CN1C[C@]2(CCCN(Cc3cn[nH]c3-c3cccc(F)c3)C2)OC1=O. The van der Waals surface area contributed by atoms with Crippen molar-refractivity contribution in [1.82, 2.24) is 20.0 Å². The number of halogens is 1. The number of aromatic nitrogens is 2. The Morgan fingerprint density at radius 3 is 3.04 bits per heavy atom. The normalized spacial score (nSPS) is 24.1. The first-order valence-electron chi connectivity index (χ1n) is 8.49. The third kappa shape index (κ3) is 3.11. The first-order chi connectivity index (χ1) is 12.0. The van der Waals surface area contributed by atoms with Crippen LogP contribution in [0.5, 0.6) is 0 Å². The van der Waals surface area contributed by atoms with E-state index in [1.165, 1.54) is 12.1 Å². The van der Waals surface area contributed by atoms with Gasteiger partial charge in [0.25, 0.3) is 0 Å². The summed E-state index contributed by atoms with van der Waals surface area (Å²) in [7, 11) is 1.77. The van der Waals surface area contributed by atoms with Crippen molar-refractivity contribution in [1.29, 1.82) is 0 Å². The van der Waals surface area contributed by atoms with Gasteiger partial charge in [-0.15, -0.1) is 0 Å². The summed E-state index contributed by atoms with van der Waals surface area (Å²) in [5.41, 5.74) is 2.22. The van der Waals surface area contributed by atoms with E-state index in [1.54, 1.807) is 24.2 Å². The lowest BCUT2D eigenvalue weighted by atomic mass is 9.92. The minimum atomic E-state index is -0.410. The van der Waals surface area contributed by atoms with Gasteiger partial charge in [0.2, 0.25) is 0 Å². The second kappa shape index (κ2) is 6.15. The van der Waals surface area contributed by atoms with Gasteiger partial charge in [0.05, 0.1) is 18.4 Å². The van der Waals surface area contributed by atoms with Crippen LogP contribution in [0.3, 0.4) is 0 Å². The molecule has 4 rings (SSSR count). The predicted octanol–water partition coefficient (Wildman–Crippen LogP) is 2.63. The van der Waals surface area contributed by atoms with Gasteiger partial charge in [-0.05, 0) is 31.5 Å². The third-order valence-electron chi connectivity index (χ3n) is 4.98. The number of likely N-dealkylation sites (tertiary alicyclic amines) is 1. The summed E-state index contributed by atoms with van der Waals surface area (Å²) in [6.07, 6.45) is 3.41. The summed E-state index contributed by atoms with van der Waals surface area (Å²) in [6.45, 7) is 2.96. The summed E-state index contributed by atoms with van der Waals surface area (Å²) in [4.78, 5) is 15.7.